The Morgan fingerprint density at radius 1 is 1.40 bits per heavy atom. The van der Waals surface area contributed by atoms with Gasteiger partial charge in [0.1, 0.15) is 0 Å². The summed E-state index contributed by atoms with van der Waals surface area (Å²) in [4.78, 5) is 48.1. The third kappa shape index (κ3) is 3.94. The number of hydrogen-bond donors (Lipinski definition) is 1. The van der Waals surface area contributed by atoms with Gasteiger partial charge in [-0.15, -0.1) is 16.4 Å². The van der Waals surface area contributed by atoms with Crippen molar-refractivity contribution in [2.75, 3.05) is 19.7 Å². The Bertz CT molecular complexity index is 840. The molecule has 2 aromatic heterocycles. The van der Waals surface area contributed by atoms with Crippen molar-refractivity contribution < 1.29 is 23.5 Å². The van der Waals surface area contributed by atoms with Gasteiger partial charge >= 0.3 is 17.8 Å². The van der Waals surface area contributed by atoms with Crippen LogP contribution in [0.3, 0.4) is 0 Å². The second-order valence-electron chi connectivity index (χ2n) is 5.06. The topological polar surface area (TPSA) is 124 Å². The molecule has 0 spiro atoms. The summed E-state index contributed by atoms with van der Waals surface area (Å²) >= 11 is 1.37. The molecule has 0 aliphatic carbocycles. The number of carbonyl (C=O) groups is 3. The SMILES string of the molecule is O=C(CCn1nc(-c2cccs2)oc1=O)OCC(=O)N1CCNC1=O. The number of ether oxygens (including phenoxy) is 1. The van der Waals surface area contributed by atoms with E-state index >= 15 is 0 Å². The van der Waals surface area contributed by atoms with E-state index < -0.39 is 30.3 Å². The Hall–Kier alpha value is -2.95. The first kappa shape index (κ1) is 16.9. The van der Waals surface area contributed by atoms with Crippen LogP contribution in [0.15, 0.2) is 26.7 Å². The molecule has 10 nitrogen and oxygen atoms in total. The number of aryl methyl sites for hydroxylation is 1. The number of aromatic nitrogens is 2. The second kappa shape index (κ2) is 7.30. The van der Waals surface area contributed by atoms with Gasteiger partial charge in [-0.3, -0.25) is 14.5 Å². The third-order valence-corrected chi connectivity index (χ3v) is 4.24. The fraction of sp³-hybridized carbons (Fsp3) is 0.357. The highest BCUT2D eigenvalue weighted by Crippen LogP contribution is 2.21. The van der Waals surface area contributed by atoms with Crippen LogP contribution in [0.4, 0.5) is 4.79 Å². The lowest BCUT2D eigenvalue weighted by molar-refractivity contribution is -0.150. The minimum Gasteiger partial charge on any atom is -0.455 e. The zero-order valence-corrected chi connectivity index (χ0v) is 13.8. The average molecular weight is 366 g/mol. The highest BCUT2D eigenvalue weighted by atomic mass is 32.1. The van der Waals surface area contributed by atoms with Crippen molar-refractivity contribution in [1.82, 2.24) is 20.0 Å². The van der Waals surface area contributed by atoms with Crippen LogP contribution in [0, 0.1) is 0 Å². The lowest BCUT2D eigenvalue weighted by Gasteiger charge is -2.11. The standard InChI is InChI=1S/C14H14N4O6S/c19-10(17-6-4-15-13(17)21)8-23-11(20)3-5-18-14(22)24-12(16-18)9-2-1-7-25-9/h1-2,7H,3-6,8H2,(H,15,21). The zero-order valence-electron chi connectivity index (χ0n) is 13.0. The Morgan fingerprint density at radius 3 is 2.92 bits per heavy atom. The number of rotatable bonds is 6. The van der Waals surface area contributed by atoms with Crippen molar-refractivity contribution in [2.24, 2.45) is 0 Å². The number of esters is 1. The summed E-state index contributed by atoms with van der Waals surface area (Å²) in [5, 5.41) is 8.30. The number of urea groups is 1. The molecule has 1 N–H and O–H groups in total. The summed E-state index contributed by atoms with van der Waals surface area (Å²) in [5.41, 5.74) is 0. The quantitative estimate of drug-likeness (QED) is 0.716. The fourth-order valence-electron chi connectivity index (χ4n) is 2.15. The van der Waals surface area contributed by atoms with Crippen LogP contribution in [0.1, 0.15) is 6.42 Å². The van der Waals surface area contributed by atoms with Gasteiger partial charge in [-0.05, 0) is 11.4 Å². The van der Waals surface area contributed by atoms with Crippen molar-refractivity contribution in [3.8, 4) is 10.8 Å². The van der Waals surface area contributed by atoms with E-state index in [1.807, 2.05) is 5.38 Å². The Labute approximate surface area is 145 Å². The number of amides is 3. The fourth-order valence-corrected chi connectivity index (χ4v) is 2.79. The van der Waals surface area contributed by atoms with Gasteiger partial charge in [0.05, 0.1) is 17.8 Å². The van der Waals surface area contributed by atoms with Crippen LogP contribution < -0.4 is 11.1 Å². The molecule has 2 aromatic rings. The van der Waals surface area contributed by atoms with Crippen molar-refractivity contribution in [3.05, 3.63) is 28.1 Å². The van der Waals surface area contributed by atoms with E-state index in [4.69, 9.17) is 9.15 Å². The maximum absolute atomic E-state index is 11.7. The number of imide groups is 1. The molecular weight excluding hydrogens is 352 g/mol. The number of carbonyl (C=O) groups excluding carboxylic acids is 3. The first-order valence-electron chi connectivity index (χ1n) is 7.40. The van der Waals surface area contributed by atoms with Gasteiger partial charge in [0.15, 0.2) is 6.61 Å². The molecule has 0 atom stereocenters. The van der Waals surface area contributed by atoms with Gasteiger partial charge < -0.3 is 14.5 Å². The minimum atomic E-state index is -0.680. The van der Waals surface area contributed by atoms with Crippen LogP contribution in [-0.2, 0) is 20.9 Å². The Balaban J connectivity index is 1.48. The molecule has 0 unspecified atom stereocenters. The largest absolute Gasteiger partial charge is 0.455 e. The predicted octanol–water partition coefficient (Wildman–Crippen LogP) is 0.0499. The van der Waals surface area contributed by atoms with E-state index in [0.717, 1.165) is 9.58 Å². The van der Waals surface area contributed by atoms with E-state index in [-0.39, 0.29) is 25.4 Å². The molecule has 0 radical (unpaired) electrons. The van der Waals surface area contributed by atoms with Crippen LogP contribution >= 0.6 is 11.3 Å². The molecule has 1 aliphatic heterocycles. The zero-order chi connectivity index (χ0) is 17.8. The van der Waals surface area contributed by atoms with Gasteiger partial charge in [-0.1, -0.05) is 6.07 Å². The molecule has 0 saturated carbocycles. The van der Waals surface area contributed by atoms with Crippen LogP contribution in [0.25, 0.3) is 10.8 Å². The lowest BCUT2D eigenvalue weighted by Crippen LogP contribution is -2.37. The molecule has 3 amide bonds. The molecule has 132 valence electrons. The highest BCUT2D eigenvalue weighted by Gasteiger charge is 2.26. The van der Waals surface area contributed by atoms with Crippen LogP contribution in [-0.4, -0.2) is 52.3 Å². The average Bonchev–Trinajstić information content (AvgIpc) is 3.31. The molecule has 11 heteroatoms. The smallest absolute Gasteiger partial charge is 0.437 e. The molecule has 25 heavy (non-hydrogen) atoms. The predicted molar refractivity (Wildman–Crippen MR) is 84.8 cm³/mol. The maximum Gasteiger partial charge on any atom is 0.437 e. The molecule has 1 saturated heterocycles. The second-order valence-corrected chi connectivity index (χ2v) is 6.01. The number of thiophene rings is 1. The molecular formula is C14H14N4O6S. The number of nitrogens with zero attached hydrogens (tertiary/aromatic N) is 3. The van der Waals surface area contributed by atoms with Crippen molar-refractivity contribution in [2.45, 2.75) is 13.0 Å². The Morgan fingerprint density at radius 2 is 2.24 bits per heavy atom. The lowest BCUT2D eigenvalue weighted by atomic mass is 10.4. The summed E-state index contributed by atoms with van der Waals surface area (Å²) in [7, 11) is 0. The van der Waals surface area contributed by atoms with Crippen LogP contribution in [0.5, 0.6) is 0 Å². The summed E-state index contributed by atoms with van der Waals surface area (Å²) in [6.07, 6.45) is -0.157. The van der Waals surface area contributed by atoms with E-state index in [1.165, 1.54) is 11.3 Å². The Kier molecular flexibility index (Phi) is 4.93. The van der Waals surface area contributed by atoms with Gasteiger partial charge in [0.25, 0.3) is 11.8 Å². The summed E-state index contributed by atoms with van der Waals surface area (Å²) in [6.45, 7) is 0.0561. The normalized spacial score (nSPS) is 13.8. The van der Waals surface area contributed by atoms with E-state index in [9.17, 15) is 19.2 Å². The number of hydrogen-bond acceptors (Lipinski definition) is 8. The minimum absolute atomic E-state index is 0.0368. The van der Waals surface area contributed by atoms with Crippen LogP contribution in [0.2, 0.25) is 0 Å². The summed E-state index contributed by atoms with van der Waals surface area (Å²) < 4.78 is 10.9. The maximum atomic E-state index is 11.7. The molecule has 1 aliphatic rings. The molecule has 0 aromatic carbocycles. The summed E-state index contributed by atoms with van der Waals surface area (Å²) in [5.74, 6) is -1.77. The van der Waals surface area contributed by atoms with Crippen molar-refractivity contribution >= 4 is 29.2 Å². The van der Waals surface area contributed by atoms with Gasteiger partial charge in [-0.2, -0.15) is 4.68 Å². The van der Waals surface area contributed by atoms with E-state index in [2.05, 4.69) is 10.4 Å². The van der Waals surface area contributed by atoms with E-state index in [1.54, 1.807) is 12.1 Å². The molecule has 3 heterocycles. The monoisotopic (exact) mass is 366 g/mol. The van der Waals surface area contributed by atoms with Gasteiger partial charge in [0, 0.05) is 13.1 Å². The first-order valence-corrected chi connectivity index (χ1v) is 8.28. The third-order valence-electron chi connectivity index (χ3n) is 3.38. The number of nitrogens with one attached hydrogen (secondary N) is 1. The van der Waals surface area contributed by atoms with Crippen molar-refractivity contribution in [1.29, 1.82) is 0 Å². The molecule has 3 rings (SSSR count). The van der Waals surface area contributed by atoms with Gasteiger partial charge in [0.2, 0.25) is 0 Å². The van der Waals surface area contributed by atoms with E-state index in [0.29, 0.717) is 11.4 Å². The summed E-state index contributed by atoms with van der Waals surface area (Å²) in [6, 6.07) is 3.05. The first-order chi connectivity index (χ1) is 12.0. The van der Waals surface area contributed by atoms with Crippen molar-refractivity contribution in [3.63, 3.8) is 0 Å². The highest BCUT2D eigenvalue weighted by molar-refractivity contribution is 7.13. The molecule has 0 bridgehead atoms. The van der Waals surface area contributed by atoms with Gasteiger partial charge in [-0.25, -0.2) is 9.59 Å². The molecule has 1 fully saturated rings.